The maximum absolute atomic E-state index is 12.3. The van der Waals surface area contributed by atoms with E-state index in [1.165, 1.54) is 32.1 Å². The van der Waals surface area contributed by atoms with Crippen molar-refractivity contribution >= 4 is 17.4 Å². The van der Waals surface area contributed by atoms with Gasteiger partial charge in [-0.2, -0.15) is 5.48 Å². The van der Waals surface area contributed by atoms with Crippen molar-refractivity contribution < 1.29 is 10.0 Å². The second-order valence-electron chi connectivity index (χ2n) is 5.75. The summed E-state index contributed by atoms with van der Waals surface area (Å²) in [6.45, 7) is 2.21. The van der Waals surface area contributed by atoms with Crippen LogP contribution < -0.4 is 5.48 Å². The number of unbranched alkanes of at least 4 members (excludes halogenated alkanes) is 6. The third kappa shape index (κ3) is 6.91. The monoisotopic (exact) mass is 325 g/mol. The zero-order chi connectivity index (χ0) is 16.2. The first-order valence-electron chi connectivity index (χ1n) is 8.33. The third-order valence-electron chi connectivity index (χ3n) is 3.92. The molecule has 0 bridgehead atoms. The van der Waals surface area contributed by atoms with Crippen LogP contribution in [0.3, 0.4) is 0 Å². The molecule has 0 aromatic heterocycles. The van der Waals surface area contributed by atoms with E-state index in [9.17, 15) is 10.0 Å². The molecular weight excluding hydrogens is 298 g/mol. The molecule has 1 rings (SSSR count). The van der Waals surface area contributed by atoms with Crippen LogP contribution >= 0.6 is 11.6 Å². The van der Waals surface area contributed by atoms with Crippen molar-refractivity contribution in [3.63, 3.8) is 0 Å². The van der Waals surface area contributed by atoms with Gasteiger partial charge in [0, 0.05) is 0 Å². The standard InChI is InChI=1S/C18H28ClNO2/c1-2-3-4-5-6-7-11-14-16(19)18(21)17(20-22)15-12-9-8-10-13-15/h8-10,12-13,16-17,20,22H,2-7,11,14H2,1H3. The van der Waals surface area contributed by atoms with Crippen molar-refractivity contribution in [2.45, 2.75) is 69.7 Å². The van der Waals surface area contributed by atoms with Crippen LogP contribution in [0.25, 0.3) is 0 Å². The number of hydrogen-bond acceptors (Lipinski definition) is 3. The van der Waals surface area contributed by atoms with E-state index in [1.807, 2.05) is 30.3 Å². The van der Waals surface area contributed by atoms with E-state index in [0.717, 1.165) is 18.4 Å². The highest BCUT2D eigenvalue weighted by Crippen LogP contribution is 2.21. The van der Waals surface area contributed by atoms with Crippen molar-refractivity contribution in [3.05, 3.63) is 35.9 Å². The van der Waals surface area contributed by atoms with Crippen molar-refractivity contribution in [3.8, 4) is 0 Å². The molecule has 4 heteroatoms. The average Bonchev–Trinajstić information content (AvgIpc) is 2.55. The number of benzene rings is 1. The van der Waals surface area contributed by atoms with E-state index in [0.29, 0.717) is 6.42 Å². The summed E-state index contributed by atoms with van der Waals surface area (Å²) in [6, 6.07) is 8.43. The van der Waals surface area contributed by atoms with Crippen LogP contribution in [0.5, 0.6) is 0 Å². The molecule has 3 nitrogen and oxygen atoms in total. The lowest BCUT2D eigenvalue weighted by molar-refractivity contribution is -0.123. The molecule has 0 aliphatic carbocycles. The number of ketones is 1. The van der Waals surface area contributed by atoms with Gasteiger partial charge in [0.1, 0.15) is 6.04 Å². The lowest BCUT2D eigenvalue weighted by atomic mass is 9.98. The molecule has 0 radical (unpaired) electrons. The van der Waals surface area contributed by atoms with Crippen LogP contribution in [0.4, 0.5) is 0 Å². The number of carbonyl (C=O) groups is 1. The number of hydrogen-bond donors (Lipinski definition) is 2. The fraction of sp³-hybridized carbons (Fsp3) is 0.611. The number of alkyl halides is 1. The Morgan fingerprint density at radius 1 is 1.09 bits per heavy atom. The Labute approximate surface area is 139 Å². The van der Waals surface area contributed by atoms with E-state index < -0.39 is 11.4 Å². The Hall–Kier alpha value is -0.900. The average molecular weight is 326 g/mol. The van der Waals surface area contributed by atoms with Crippen LogP contribution in [0, 0.1) is 0 Å². The second kappa shape index (κ2) is 11.6. The van der Waals surface area contributed by atoms with Gasteiger partial charge in [0.25, 0.3) is 0 Å². The first kappa shape index (κ1) is 19.1. The zero-order valence-electron chi connectivity index (χ0n) is 13.4. The summed E-state index contributed by atoms with van der Waals surface area (Å²) in [5, 5.41) is 8.71. The van der Waals surface area contributed by atoms with Gasteiger partial charge in [0.15, 0.2) is 5.78 Å². The minimum atomic E-state index is -0.742. The molecular formula is C18H28ClNO2. The van der Waals surface area contributed by atoms with Gasteiger partial charge in [-0.1, -0.05) is 82.2 Å². The molecule has 0 aliphatic heterocycles. The van der Waals surface area contributed by atoms with E-state index in [-0.39, 0.29) is 5.78 Å². The Bertz CT molecular complexity index is 411. The predicted octanol–water partition coefficient (Wildman–Crippen LogP) is 5.02. The summed E-state index contributed by atoms with van der Waals surface area (Å²) >= 11 is 6.22. The molecule has 1 aromatic carbocycles. The number of Topliss-reactive ketones (excluding diaryl/α,β-unsaturated/α-hetero) is 1. The van der Waals surface area contributed by atoms with Crippen LogP contribution in [0.1, 0.15) is 69.9 Å². The van der Waals surface area contributed by atoms with Gasteiger partial charge in [-0.3, -0.25) is 4.79 Å². The Morgan fingerprint density at radius 2 is 1.68 bits per heavy atom. The maximum Gasteiger partial charge on any atom is 0.174 e. The molecule has 0 spiro atoms. The fourth-order valence-corrected chi connectivity index (χ4v) is 2.83. The molecule has 0 fully saturated rings. The zero-order valence-corrected chi connectivity index (χ0v) is 14.2. The summed E-state index contributed by atoms with van der Waals surface area (Å²) in [7, 11) is 0. The molecule has 2 atom stereocenters. The van der Waals surface area contributed by atoms with Crippen LogP contribution in [0.15, 0.2) is 30.3 Å². The van der Waals surface area contributed by atoms with E-state index >= 15 is 0 Å². The molecule has 0 aliphatic rings. The lowest BCUT2D eigenvalue weighted by Gasteiger charge is -2.17. The number of hydroxylamine groups is 1. The Balaban J connectivity index is 2.31. The van der Waals surface area contributed by atoms with Crippen LogP contribution in [-0.4, -0.2) is 16.4 Å². The quantitative estimate of drug-likeness (QED) is 0.322. The van der Waals surface area contributed by atoms with E-state index in [1.54, 1.807) is 0 Å². The van der Waals surface area contributed by atoms with Crippen molar-refractivity contribution in [2.24, 2.45) is 0 Å². The normalized spacial score (nSPS) is 13.8. The summed E-state index contributed by atoms with van der Waals surface area (Å²) in [5.74, 6) is -0.165. The molecule has 124 valence electrons. The van der Waals surface area contributed by atoms with Gasteiger partial charge in [0.2, 0.25) is 0 Å². The number of rotatable bonds is 12. The minimum Gasteiger partial charge on any atom is -0.316 e. The van der Waals surface area contributed by atoms with Crippen LogP contribution in [-0.2, 0) is 4.79 Å². The lowest BCUT2D eigenvalue weighted by Crippen LogP contribution is -2.31. The molecule has 1 aromatic rings. The van der Waals surface area contributed by atoms with Crippen LogP contribution in [0.2, 0.25) is 0 Å². The highest BCUT2D eigenvalue weighted by atomic mass is 35.5. The summed E-state index contributed by atoms with van der Waals surface area (Å²) in [5.41, 5.74) is 2.83. The Morgan fingerprint density at radius 3 is 2.27 bits per heavy atom. The topological polar surface area (TPSA) is 49.3 Å². The van der Waals surface area contributed by atoms with Gasteiger partial charge < -0.3 is 5.21 Å². The molecule has 2 N–H and O–H groups in total. The smallest absolute Gasteiger partial charge is 0.174 e. The van der Waals surface area contributed by atoms with Crippen molar-refractivity contribution in [2.75, 3.05) is 0 Å². The molecule has 0 saturated heterocycles. The largest absolute Gasteiger partial charge is 0.316 e. The summed E-state index contributed by atoms with van der Waals surface area (Å²) in [4.78, 5) is 12.3. The molecule has 0 saturated carbocycles. The first-order valence-corrected chi connectivity index (χ1v) is 8.76. The first-order chi connectivity index (χ1) is 10.7. The highest BCUT2D eigenvalue weighted by Gasteiger charge is 2.25. The molecule has 0 amide bonds. The van der Waals surface area contributed by atoms with Crippen molar-refractivity contribution in [1.29, 1.82) is 0 Å². The van der Waals surface area contributed by atoms with Gasteiger partial charge in [-0.25, -0.2) is 0 Å². The number of halogens is 1. The second-order valence-corrected chi connectivity index (χ2v) is 6.28. The van der Waals surface area contributed by atoms with Crippen molar-refractivity contribution in [1.82, 2.24) is 5.48 Å². The molecule has 22 heavy (non-hydrogen) atoms. The maximum atomic E-state index is 12.3. The van der Waals surface area contributed by atoms with Gasteiger partial charge in [-0.05, 0) is 12.0 Å². The summed E-state index contributed by atoms with van der Waals surface area (Å²) in [6.07, 6.45) is 9.06. The third-order valence-corrected chi connectivity index (χ3v) is 4.35. The van der Waals surface area contributed by atoms with Gasteiger partial charge in [-0.15, -0.1) is 11.6 Å². The highest BCUT2D eigenvalue weighted by molar-refractivity contribution is 6.31. The molecule has 0 heterocycles. The minimum absolute atomic E-state index is 0.165. The Kier molecular flexibility index (Phi) is 10.1. The molecule has 2 unspecified atom stereocenters. The van der Waals surface area contributed by atoms with E-state index in [4.69, 9.17) is 11.6 Å². The fourth-order valence-electron chi connectivity index (χ4n) is 2.55. The van der Waals surface area contributed by atoms with Gasteiger partial charge in [0.05, 0.1) is 5.38 Å². The summed E-state index contributed by atoms with van der Waals surface area (Å²) < 4.78 is 0. The predicted molar refractivity (Wildman–Crippen MR) is 91.4 cm³/mol. The number of carbonyl (C=O) groups excluding carboxylic acids is 1. The van der Waals surface area contributed by atoms with Gasteiger partial charge >= 0.3 is 0 Å². The SMILES string of the molecule is CCCCCCCCCC(Cl)C(=O)C(NO)c1ccccc1. The number of nitrogens with one attached hydrogen (secondary N) is 1. The van der Waals surface area contributed by atoms with E-state index in [2.05, 4.69) is 12.4 Å².